The number of benzene rings is 1. The van der Waals surface area contributed by atoms with E-state index in [9.17, 15) is 9.90 Å². The van der Waals surface area contributed by atoms with Gasteiger partial charge in [0.05, 0.1) is 12.6 Å². The molecule has 2 N–H and O–H groups in total. The molecule has 5 nitrogen and oxygen atoms in total. The first-order valence-electron chi connectivity index (χ1n) is 6.30. The number of nitrogens with one attached hydrogen (secondary N) is 1. The van der Waals surface area contributed by atoms with Gasteiger partial charge in [-0.2, -0.15) is 0 Å². The molecule has 5 heteroatoms. The Labute approximate surface area is 114 Å². The van der Waals surface area contributed by atoms with Crippen molar-refractivity contribution >= 4 is 5.97 Å². The Balaban J connectivity index is 3.01. The molecule has 0 amide bonds. The summed E-state index contributed by atoms with van der Waals surface area (Å²) < 4.78 is 5.39. The second-order valence-electron chi connectivity index (χ2n) is 4.52. The fourth-order valence-electron chi connectivity index (χ4n) is 2.13. The lowest BCUT2D eigenvalue weighted by Crippen LogP contribution is -2.45. The minimum atomic E-state index is -0.866. The fraction of sp³-hybridized carbons (Fsp3) is 0.500. The molecule has 1 aromatic carbocycles. The highest BCUT2D eigenvalue weighted by Gasteiger charge is 2.29. The molecule has 0 bridgehead atoms. The van der Waals surface area contributed by atoms with Crippen LogP contribution in [0.4, 0.5) is 0 Å². The topological polar surface area (TPSA) is 61.8 Å². The summed E-state index contributed by atoms with van der Waals surface area (Å²) in [6.45, 7) is 2.54. The third-order valence-corrected chi connectivity index (χ3v) is 2.98. The smallest absolute Gasteiger partial charge is 0.322 e. The summed E-state index contributed by atoms with van der Waals surface area (Å²) in [5.41, 5.74) is 0.940. The predicted octanol–water partition coefficient (Wildman–Crippen LogP) is 1.36. The van der Waals surface area contributed by atoms with E-state index in [2.05, 4.69) is 5.32 Å². The van der Waals surface area contributed by atoms with Gasteiger partial charge in [-0.05, 0) is 45.8 Å². The highest BCUT2D eigenvalue weighted by molar-refractivity contribution is 5.74. The largest absolute Gasteiger partial charge is 0.494 e. The van der Waals surface area contributed by atoms with E-state index in [1.807, 2.05) is 50.2 Å². The lowest BCUT2D eigenvalue weighted by molar-refractivity contribution is -0.141. The second-order valence-corrected chi connectivity index (χ2v) is 4.52. The van der Waals surface area contributed by atoms with Crippen molar-refractivity contribution in [1.82, 2.24) is 10.2 Å². The maximum absolute atomic E-state index is 11.3. The third-order valence-electron chi connectivity index (χ3n) is 2.98. The Morgan fingerprint density at radius 2 is 1.95 bits per heavy atom. The summed E-state index contributed by atoms with van der Waals surface area (Å²) in [7, 11) is 5.40. The Hall–Kier alpha value is -1.59. The first kappa shape index (κ1) is 15.5. The monoisotopic (exact) mass is 266 g/mol. The Morgan fingerprint density at radius 3 is 2.32 bits per heavy atom. The molecule has 0 aliphatic carbocycles. The molecule has 0 aliphatic heterocycles. The number of rotatable bonds is 7. The number of nitrogens with zero attached hydrogens (tertiary/aromatic N) is 1. The van der Waals surface area contributed by atoms with Gasteiger partial charge in [-0.3, -0.25) is 4.79 Å². The molecular weight excluding hydrogens is 244 g/mol. The quantitative estimate of drug-likeness (QED) is 0.780. The van der Waals surface area contributed by atoms with E-state index in [4.69, 9.17) is 4.74 Å². The summed E-state index contributed by atoms with van der Waals surface area (Å²) in [4.78, 5) is 13.2. The van der Waals surface area contributed by atoms with Gasteiger partial charge in [0.2, 0.25) is 0 Å². The van der Waals surface area contributed by atoms with E-state index in [0.29, 0.717) is 6.61 Å². The van der Waals surface area contributed by atoms with Gasteiger partial charge in [0, 0.05) is 0 Å². The molecular formula is C14H22N2O3. The normalized spacial score (nSPS) is 14.2. The van der Waals surface area contributed by atoms with Crippen molar-refractivity contribution in [2.75, 3.05) is 27.7 Å². The van der Waals surface area contributed by atoms with Crippen molar-refractivity contribution in [1.29, 1.82) is 0 Å². The molecule has 0 spiro atoms. The lowest BCUT2D eigenvalue weighted by Gasteiger charge is -2.30. The Bertz CT molecular complexity index is 404. The average molecular weight is 266 g/mol. The van der Waals surface area contributed by atoms with Crippen LogP contribution < -0.4 is 10.1 Å². The molecule has 106 valence electrons. The first-order valence-corrected chi connectivity index (χ1v) is 6.30. The van der Waals surface area contributed by atoms with Crippen LogP contribution in [0.5, 0.6) is 5.75 Å². The zero-order valence-electron chi connectivity index (χ0n) is 11.9. The van der Waals surface area contributed by atoms with Crippen LogP contribution in [0.25, 0.3) is 0 Å². The molecule has 0 radical (unpaired) electrons. The predicted molar refractivity (Wildman–Crippen MR) is 74.5 cm³/mol. The molecule has 1 aromatic rings. The summed E-state index contributed by atoms with van der Waals surface area (Å²) in [5, 5.41) is 12.1. The molecule has 0 saturated carbocycles. The van der Waals surface area contributed by atoms with Crippen molar-refractivity contribution in [2.45, 2.75) is 19.0 Å². The van der Waals surface area contributed by atoms with Crippen molar-refractivity contribution in [3.8, 4) is 5.75 Å². The number of hydrogen-bond acceptors (Lipinski definition) is 4. The van der Waals surface area contributed by atoms with Crippen LogP contribution in [0.3, 0.4) is 0 Å². The van der Waals surface area contributed by atoms with Gasteiger partial charge in [0.1, 0.15) is 11.8 Å². The number of carboxylic acid groups (broad SMARTS) is 1. The van der Waals surface area contributed by atoms with Crippen LogP contribution >= 0.6 is 0 Å². The van der Waals surface area contributed by atoms with Crippen LogP contribution in [-0.4, -0.2) is 49.8 Å². The van der Waals surface area contributed by atoms with Crippen LogP contribution in [0.15, 0.2) is 24.3 Å². The number of likely N-dealkylation sites (N-methyl/N-ethyl adjacent to an activating group) is 2. The maximum Gasteiger partial charge on any atom is 0.322 e. The first-order chi connectivity index (χ1) is 9.01. The summed E-state index contributed by atoms with van der Waals surface area (Å²) in [6, 6.07) is 6.64. The molecule has 2 atom stereocenters. The zero-order chi connectivity index (χ0) is 14.4. The summed E-state index contributed by atoms with van der Waals surface area (Å²) in [6.07, 6.45) is 0. The van der Waals surface area contributed by atoms with Crippen molar-refractivity contribution in [3.05, 3.63) is 29.8 Å². The summed E-state index contributed by atoms with van der Waals surface area (Å²) in [5.74, 6) is -0.0739. The number of carbonyl (C=O) groups is 1. The van der Waals surface area contributed by atoms with E-state index in [0.717, 1.165) is 11.3 Å². The van der Waals surface area contributed by atoms with Crippen LogP contribution in [0, 0.1) is 0 Å². The van der Waals surface area contributed by atoms with Gasteiger partial charge in [0.25, 0.3) is 0 Å². The van der Waals surface area contributed by atoms with Crippen LogP contribution in [0.1, 0.15) is 18.5 Å². The zero-order valence-corrected chi connectivity index (χ0v) is 11.9. The van der Waals surface area contributed by atoms with E-state index in [1.54, 1.807) is 7.05 Å². The molecule has 0 heterocycles. The standard InChI is InChI=1S/C14H22N2O3/c1-5-19-11-8-6-10(7-9-11)13(16(3)4)12(15-2)14(17)18/h6-9,12-13,15H,5H2,1-4H3,(H,17,18). The molecule has 19 heavy (non-hydrogen) atoms. The van der Waals surface area contributed by atoms with Gasteiger partial charge in [-0.25, -0.2) is 0 Å². The lowest BCUT2D eigenvalue weighted by atomic mass is 9.98. The van der Waals surface area contributed by atoms with E-state index >= 15 is 0 Å². The third kappa shape index (κ3) is 3.94. The number of ether oxygens (including phenoxy) is 1. The van der Waals surface area contributed by atoms with E-state index in [1.165, 1.54) is 0 Å². The molecule has 0 saturated heterocycles. The fourth-order valence-corrected chi connectivity index (χ4v) is 2.13. The molecule has 1 rings (SSSR count). The van der Waals surface area contributed by atoms with E-state index in [-0.39, 0.29) is 6.04 Å². The minimum Gasteiger partial charge on any atom is -0.494 e. The average Bonchev–Trinajstić information content (AvgIpc) is 2.36. The minimum absolute atomic E-state index is 0.238. The number of hydrogen-bond donors (Lipinski definition) is 2. The van der Waals surface area contributed by atoms with Crippen molar-refractivity contribution in [2.24, 2.45) is 0 Å². The van der Waals surface area contributed by atoms with Crippen molar-refractivity contribution < 1.29 is 14.6 Å². The molecule has 0 aromatic heterocycles. The number of carboxylic acids is 1. The molecule has 0 fully saturated rings. The highest BCUT2D eigenvalue weighted by atomic mass is 16.5. The Morgan fingerprint density at radius 1 is 1.37 bits per heavy atom. The van der Waals surface area contributed by atoms with Gasteiger partial charge >= 0.3 is 5.97 Å². The van der Waals surface area contributed by atoms with Gasteiger partial charge in [-0.1, -0.05) is 12.1 Å². The van der Waals surface area contributed by atoms with Gasteiger partial charge < -0.3 is 20.1 Å². The maximum atomic E-state index is 11.3. The van der Waals surface area contributed by atoms with Gasteiger partial charge in [0.15, 0.2) is 0 Å². The molecule has 2 unspecified atom stereocenters. The molecule has 0 aliphatic rings. The van der Waals surface area contributed by atoms with Crippen LogP contribution in [-0.2, 0) is 4.79 Å². The summed E-state index contributed by atoms with van der Waals surface area (Å²) >= 11 is 0. The van der Waals surface area contributed by atoms with E-state index < -0.39 is 12.0 Å². The second kappa shape index (κ2) is 7.11. The Kier molecular flexibility index (Phi) is 5.79. The SMILES string of the molecule is CCOc1ccc(C(C(NC)C(=O)O)N(C)C)cc1. The number of aliphatic carboxylic acids is 1. The van der Waals surface area contributed by atoms with Gasteiger partial charge in [-0.15, -0.1) is 0 Å². The van der Waals surface area contributed by atoms with Crippen molar-refractivity contribution in [3.63, 3.8) is 0 Å². The van der Waals surface area contributed by atoms with Crippen LogP contribution in [0.2, 0.25) is 0 Å². The highest BCUT2D eigenvalue weighted by Crippen LogP contribution is 2.24.